The van der Waals surface area contributed by atoms with Gasteiger partial charge in [-0.25, -0.2) is 9.78 Å². The van der Waals surface area contributed by atoms with Crippen molar-refractivity contribution in [3.8, 4) is 5.75 Å². The number of carbonyl (C=O) groups is 1. The molecule has 10 heteroatoms. The lowest BCUT2D eigenvalue weighted by Gasteiger charge is -2.26. The number of nitrogens with zero attached hydrogens (tertiary/aromatic N) is 2. The highest BCUT2D eigenvalue weighted by molar-refractivity contribution is 8.00. The van der Waals surface area contributed by atoms with Crippen LogP contribution in [0.4, 0.5) is 19.0 Å². The number of pyridine rings is 1. The summed E-state index contributed by atoms with van der Waals surface area (Å²) >= 11 is 1.39. The second-order valence-corrected chi connectivity index (χ2v) is 10.3. The van der Waals surface area contributed by atoms with Crippen LogP contribution in [0.1, 0.15) is 45.8 Å². The summed E-state index contributed by atoms with van der Waals surface area (Å²) in [7, 11) is 1.50. The number of benzene rings is 3. The normalized spacial score (nSPS) is 13.4. The summed E-state index contributed by atoms with van der Waals surface area (Å²) in [6, 6.07) is 18.9. The van der Waals surface area contributed by atoms with Crippen molar-refractivity contribution in [1.82, 2.24) is 4.98 Å². The molecule has 0 amide bonds. The Labute approximate surface area is 227 Å². The molecule has 202 valence electrons. The molecule has 1 fully saturated rings. The summed E-state index contributed by atoms with van der Waals surface area (Å²) in [6.45, 7) is 0.473. The van der Waals surface area contributed by atoms with Crippen LogP contribution < -0.4 is 9.04 Å². The molecule has 4 aromatic rings. The number of rotatable bonds is 10. The van der Waals surface area contributed by atoms with E-state index in [-0.39, 0.29) is 17.9 Å². The second kappa shape index (κ2) is 11.2. The summed E-state index contributed by atoms with van der Waals surface area (Å²) in [5.74, 6) is -0.194. The van der Waals surface area contributed by atoms with Gasteiger partial charge in [0.2, 0.25) is 0 Å². The fourth-order valence-corrected chi connectivity index (χ4v) is 5.52. The molecular formula is C29H25F3N2O4S. The van der Waals surface area contributed by atoms with Gasteiger partial charge in [0.25, 0.3) is 0 Å². The third kappa shape index (κ3) is 6.46. The van der Waals surface area contributed by atoms with E-state index < -0.39 is 12.3 Å². The molecule has 1 heterocycles. The van der Waals surface area contributed by atoms with Gasteiger partial charge in [-0.2, -0.15) is 0 Å². The number of fused-ring (bicyclic) bond motifs is 1. The Kier molecular flexibility index (Phi) is 7.67. The zero-order valence-corrected chi connectivity index (χ0v) is 21.8. The minimum absolute atomic E-state index is 0.137. The molecule has 1 aliphatic carbocycles. The first-order chi connectivity index (χ1) is 18.7. The number of carboxylic acids is 1. The maximum atomic E-state index is 12.6. The van der Waals surface area contributed by atoms with Gasteiger partial charge in [0.15, 0.2) is 0 Å². The van der Waals surface area contributed by atoms with Gasteiger partial charge in [-0.15, -0.1) is 13.2 Å². The maximum absolute atomic E-state index is 12.6. The van der Waals surface area contributed by atoms with Crippen molar-refractivity contribution in [1.29, 1.82) is 0 Å². The molecule has 0 atom stereocenters. The summed E-state index contributed by atoms with van der Waals surface area (Å²) in [6.07, 6.45) is -0.834. The standard InChI is InChI=1S/C29H25F3N2O4S/c1-37-17-21-14-23(12-13-25(21)28(35)36)39-34(16-18-6-10-22(11-7-18)38-29(30,31)32)27-26(19-8-9-19)24-5-3-2-4-20(24)15-33-27/h2-7,10-15,19H,8-9,16-17H2,1H3,(H,35,36). The van der Waals surface area contributed by atoms with Crippen molar-refractivity contribution < 1.29 is 32.5 Å². The number of hydrogen-bond donors (Lipinski definition) is 1. The predicted octanol–water partition coefficient (Wildman–Crippen LogP) is 7.57. The van der Waals surface area contributed by atoms with E-state index in [1.807, 2.05) is 28.7 Å². The van der Waals surface area contributed by atoms with Gasteiger partial charge < -0.3 is 14.6 Å². The van der Waals surface area contributed by atoms with E-state index in [4.69, 9.17) is 9.72 Å². The van der Waals surface area contributed by atoms with Gasteiger partial charge in [-0.1, -0.05) is 36.4 Å². The molecule has 1 N–H and O–H groups in total. The Morgan fingerprint density at radius 3 is 2.51 bits per heavy atom. The van der Waals surface area contributed by atoms with Gasteiger partial charge in [-0.3, -0.25) is 4.31 Å². The van der Waals surface area contributed by atoms with Crippen LogP contribution in [0.5, 0.6) is 5.75 Å². The van der Waals surface area contributed by atoms with E-state index in [2.05, 4.69) is 10.8 Å². The number of aromatic carboxylic acids is 1. The molecule has 0 bridgehead atoms. The van der Waals surface area contributed by atoms with Gasteiger partial charge >= 0.3 is 12.3 Å². The Hall–Kier alpha value is -3.76. The van der Waals surface area contributed by atoms with Crippen LogP contribution in [-0.2, 0) is 17.9 Å². The second-order valence-electron chi connectivity index (χ2n) is 9.23. The third-order valence-electron chi connectivity index (χ3n) is 6.35. The first-order valence-corrected chi connectivity index (χ1v) is 13.0. The van der Waals surface area contributed by atoms with Crippen molar-refractivity contribution in [3.63, 3.8) is 0 Å². The largest absolute Gasteiger partial charge is 0.573 e. The van der Waals surface area contributed by atoms with Gasteiger partial charge in [-0.05, 0) is 77.6 Å². The number of aromatic nitrogens is 1. The minimum Gasteiger partial charge on any atom is -0.478 e. The van der Waals surface area contributed by atoms with Crippen LogP contribution in [0.2, 0.25) is 0 Å². The highest BCUT2D eigenvalue weighted by atomic mass is 32.2. The van der Waals surface area contributed by atoms with E-state index >= 15 is 0 Å². The molecular weight excluding hydrogens is 529 g/mol. The highest BCUT2D eigenvalue weighted by Gasteiger charge is 2.32. The summed E-state index contributed by atoms with van der Waals surface area (Å²) in [4.78, 5) is 17.3. The first kappa shape index (κ1) is 26.8. The lowest BCUT2D eigenvalue weighted by atomic mass is 10.0. The van der Waals surface area contributed by atoms with Crippen molar-refractivity contribution in [2.45, 2.75) is 43.2 Å². The number of ether oxygens (including phenoxy) is 2. The molecule has 0 unspecified atom stereocenters. The summed E-state index contributed by atoms with van der Waals surface area (Å²) in [5, 5.41) is 11.7. The number of halogens is 3. The Bertz CT molecular complexity index is 1490. The van der Waals surface area contributed by atoms with Crippen LogP contribution in [0.3, 0.4) is 0 Å². The van der Waals surface area contributed by atoms with Gasteiger partial charge in [0.05, 0.1) is 18.7 Å². The summed E-state index contributed by atoms with van der Waals surface area (Å²) < 4.78 is 49.2. The highest BCUT2D eigenvalue weighted by Crippen LogP contribution is 2.48. The molecule has 39 heavy (non-hydrogen) atoms. The van der Waals surface area contributed by atoms with Crippen LogP contribution in [0, 0.1) is 0 Å². The van der Waals surface area contributed by atoms with E-state index in [1.54, 1.807) is 30.3 Å². The number of methoxy groups -OCH3 is 1. The molecule has 0 aliphatic heterocycles. The smallest absolute Gasteiger partial charge is 0.478 e. The summed E-state index contributed by atoms with van der Waals surface area (Å²) in [5.41, 5.74) is 2.60. The molecule has 0 spiro atoms. The number of anilines is 1. The maximum Gasteiger partial charge on any atom is 0.573 e. The van der Waals surface area contributed by atoms with Crippen molar-refractivity contribution >= 4 is 34.5 Å². The molecule has 1 aliphatic rings. The average Bonchev–Trinajstić information content (AvgIpc) is 3.73. The van der Waals surface area contributed by atoms with E-state index in [0.29, 0.717) is 18.0 Å². The van der Waals surface area contributed by atoms with Crippen molar-refractivity contribution in [2.75, 3.05) is 11.4 Å². The third-order valence-corrected chi connectivity index (χ3v) is 7.33. The van der Waals surface area contributed by atoms with Gasteiger partial charge in [0, 0.05) is 29.2 Å². The van der Waals surface area contributed by atoms with Crippen LogP contribution in [0.15, 0.2) is 77.8 Å². The van der Waals surface area contributed by atoms with E-state index in [9.17, 15) is 23.1 Å². The Morgan fingerprint density at radius 1 is 1.10 bits per heavy atom. The van der Waals surface area contributed by atoms with Gasteiger partial charge in [0.1, 0.15) is 11.6 Å². The Balaban J connectivity index is 1.54. The lowest BCUT2D eigenvalue weighted by Crippen LogP contribution is -2.18. The van der Waals surface area contributed by atoms with Crippen molar-refractivity contribution in [3.05, 3.63) is 95.2 Å². The zero-order chi connectivity index (χ0) is 27.6. The molecule has 1 aromatic heterocycles. The van der Waals surface area contributed by atoms with Crippen LogP contribution in [0.25, 0.3) is 10.8 Å². The molecule has 0 saturated heterocycles. The number of alkyl halides is 3. The quantitative estimate of drug-likeness (QED) is 0.203. The van der Waals surface area contributed by atoms with Crippen LogP contribution >= 0.6 is 11.9 Å². The predicted molar refractivity (Wildman–Crippen MR) is 143 cm³/mol. The fourth-order valence-electron chi connectivity index (χ4n) is 4.50. The van der Waals surface area contributed by atoms with E-state index in [0.717, 1.165) is 45.5 Å². The van der Waals surface area contributed by atoms with Crippen LogP contribution in [-0.4, -0.2) is 29.5 Å². The molecule has 3 aromatic carbocycles. The fraction of sp³-hybridized carbons (Fsp3) is 0.241. The van der Waals surface area contributed by atoms with Crippen molar-refractivity contribution in [2.24, 2.45) is 0 Å². The Morgan fingerprint density at radius 2 is 1.85 bits per heavy atom. The topological polar surface area (TPSA) is 71.9 Å². The zero-order valence-electron chi connectivity index (χ0n) is 20.9. The monoisotopic (exact) mass is 554 g/mol. The molecule has 0 radical (unpaired) electrons. The first-order valence-electron chi connectivity index (χ1n) is 12.2. The minimum atomic E-state index is -4.76. The lowest BCUT2D eigenvalue weighted by molar-refractivity contribution is -0.274. The molecule has 6 nitrogen and oxygen atoms in total. The molecule has 1 saturated carbocycles. The van der Waals surface area contributed by atoms with E-state index in [1.165, 1.54) is 31.2 Å². The SMILES string of the molecule is COCc1cc(SN(Cc2ccc(OC(F)(F)F)cc2)c2ncc3ccccc3c2C2CC2)ccc1C(=O)O. The average molecular weight is 555 g/mol. The number of hydrogen-bond acceptors (Lipinski definition) is 6. The molecule has 5 rings (SSSR count). The number of carboxylic acid groups (broad SMARTS) is 1.